The van der Waals surface area contributed by atoms with E-state index in [9.17, 15) is 8.78 Å². The first-order chi connectivity index (χ1) is 19.1. The molecular weight excluding hydrogens is 486 g/mol. The van der Waals surface area contributed by atoms with Crippen LogP contribution in [0.25, 0.3) is 0 Å². The lowest BCUT2D eigenvalue weighted by Gasteiger charge is -2.46. The van der Waals surface area contributed by atoms with Crippen LogP contribution in [0, 0.1) is 59.0 Å². The van der Waals surface area contributed by atoms with Gasteiger partial charge in [-0.25, -0.2) is 4.39 Å². The van der Waals surface area contributed by atoms with Gasteiger partial charge in [-0.05, 0) is 155 Å². The summed E-state index contributed by atoms with van der Waals surface area (Å²) in [5.74, 6) is 5.87. The van der Waals surface area contributed by atoms with Crippen LogP contribution in [-0.4, -0.2) is 6.61 Å². The number of benzene rings is 1. The molecule has 1 aromatic rings. The van der Waals surface area contributed by atoms with Crippen LogP contribution in [0.5, 0.6) is 5.75 Å². The van der Waals surface area contributed by atoms with Gasteiger partial charge in [-0.15, -0.1) is 6.58 Å². The maximum atomic E-state index is 14.5. The van der Waals surface area contributed by atoms with E-state index in [0.717, 1.165) is 54.3 Å². The standard InChI is InChI=1S/C36H54F2O/c1-3-5-7-30-20-21-34(36(38)35(30)37)39-24-26-9-11-27(12-10-26)28-14-16-29(17-15-28)32-19-18-31-22-25(6-4-2)8-13-33(31)23-32/h3,20-21,25-29,31-33H,1,4-19,22-24H2,2H3. The van der Waals surface area contributed by atoms with Crippen molar-refractivity contribution in [2.45, 2.75) is 122 Å². The molecule has 0 radical (unpaired) electrons. The van der Waals surface area contributed by atoms with E-state index >= 15 is 0 Å². The summed E-state index contributed by atoms with van der Waals surface area (Å²) in [4.78, 5) is 0. The lowest BCUT2D eigenvalue weighted by atomic mass is 9.60. The molecule has 0 bridgehead atoms. The molecular formula is C36H54F2O. The topological polar surface area (TPSA) is 9.23 Å². The highest BCUT2D eigenvalue weighted by atomic mass is 19.2. The third-order valence-corrected chi connectivity index (χ3v) is 11.7. The van der Waals surface area contributed by atoms with E-state index < -0.39 is 11.6 Å². The average Bonchev–Trinajstić information content (AvgIpc) is 2.98. The number of fused-ring (bicyclic) bond motifs is 1. The normalized spacial score (nSPS) is 35.3. The Bertz CT molecular complexity index is 911. The van der Waals surface area contributed by atoms with Crippen molar-refractivity contribution in [3.05, 3.63) is 42.0 Å². The van der Waals surface area contributed by atoms with Crippen molar-refractivity contribution in [1.82, 2.24) is 0 Å². The molecule has 39 heavy (non-hydrogen) atoms. The number of aryl methyl sites for hydroxylation is 1. The van der Waals surface area contributed by atoms with Gasteiger partial charge in [0.15, 0.2) is 11.6 Å². The van der Waals surface area contributed by atoms with E-state index in [1.807, 2.05) is 0 Å². The first-order valence-corrected chi connectivity index (χ1v) is 16.8. The Morgan fingerprint density at radius 2 is 1.26 bits per heavy atom. The highest BCUT2D eigenvalue weighted by molar-refractivity contribution is 5.31. The summed E-state index contributed by atoms with van der Waals surface area (Å²) in [6.45, 7) is 6.53. The summed E-state index contributed by atoms with van der Waals surface area (Å²) in [5, 5.41) is 0. The van der Waals surface area contributed by atoms with Crippen molar-refractivity contribution < 1.29 is 13.5 Å². The minimum Gasteiger partial charge on any atom is -0.490 e. The van der Waals surface area contributed by atoms with Gasteiger partial charge in [0.2, 0.25) is 5.82 Å². The van der Waals surface area contributed by atoms with Crippen molar-refractivity contribution in [3.8, 4) is 5.75 Å². The van der Waals surface area contributed by atoms with Gasteiger partial charge in [0.1, 0.15) is 0 Å². The monoisotopic (exact) mass is 540 g/mol. The summed E-state index contributed by atoms with van der Waals surface area (Å²) < 4.78 is 34.7. The van der Waals surface area contributed by atoms with Crippen LogP contribution in [-0.2, 0) is 6.42 Å². The van der Waals surface area contributed by atoms with Gasteiger partial charge >= 0.3 is 0 Å². The molecule has 3 heteroatoms. The van der Waals surface area contributed by atoms with Crippen molar-refractivity contribution in [2.24, 2.45) is 47.3 Å². The van der Waals surface area contributed by atoms with Gasteiger partial charge in [0.25, 0.3) is 0 Å². The number of halogens is 2. The molecule has 0 amide bonds. The second-order valence-corrected chi connectivity index (χ2v) is 14.0. The first-order valence-electron chi connectivity index (χ1n) is 16.8. The fourth-order valence-corrected chi connectivity index (χ4v) is 9.38. The van der Waals surface area contributed by atoms with Gasteiger partial charge < -0.3 is 4.74 Å². The molecule has 0 saturated heterocycles. The summed E-state index contributed by atoms with van der Waals surface area (Å²) in [7, 11) is 0. The summed E-state index contributed by atoms with van der Waals surface area (Å²) in [5.41, 5.74) is 0.400. The van der Waals surface area contributed by atoms with E-state index in [1.165, 1.54) is 77.0 Å². The number of allylic oxidation sites excluding steroid dienone is 1. The molecule has 4 fully saturated rings. The molecule has 0 spiro atoms. The summed E-state index contributed by atoms with van der Waals surface area (Å²) in [6.07, 6.45) is 25.6. The molecule has 4 aliphatic carbocycles. The molecule has 5 rings (SSSR count). The highest BCUT2D eigenvalue weighted by Gasteiger charge is 2.39. The van der Waals surface area contributed by atoms with Crippen LogP contribution in [0.1, 0.15) is 122 Å². The Kier molecular flexibility index (Phi) is 10.5. The Morgan fingerprint density at radius 1 is 0.718 bits per heavy atom. The molecule has 4 saturated carbocycles. The molecule has 0 heterocycles. The highest BCUT2D eigenvalue weighted by Crippen LogP contribution is 2.51. The zero-order valence-electron chi connectivity index (χ0n) is 24.7. The van der Waals surface area contributed by atoms with Crippen LogP contribution in [0.2, 0.25) is 0 Å². The Hall–Kier alpha value is -1.38. The largest absolute Gasteiger partial charge is 0.490 e. The fraction of sp³-hybridized carbons (Fsp3) is 0.778. The minimum absolute atomic E-state index is 0.0679. The zero-order valence-corrected chi connectivity index (χ0v) is 24.7. The zero-order chi connectivity index (χ0) is 27.2. The van der Waals surface area contributed by atoms with Gasteiger partial charge in [0.05, 0.1) is 6.61 Å². The van der Waals surface area contributed by atoms with Crippen molar-refractivity contribution in [3.63, 3.8) is 0 Å². The van der Waals surface area contributed by atoms with Crippen LogP contribution in [0.4, 0.5) is 8.78 Å². The molecule has 0 aromatic heterocycles. The molecule has 4 unspecified atom stereocenters. The van der Waals surface area contributed by atoms with Gasteiger partial charge in [-0.1, -0.05) is 38.3 Å². The first kappa shape index (κ1) is 29.1. The third-order valence-electron chi connectivity index (χ3n) is 11.7. The number of ether oxygens (including phenoxy) is 1. The average molecular weight is 541 g/mol. The van der Waals surface area contributed by atoms with Crippen molar-refractivity contribution in [2.75, 3.05) is 6.61 Å². The van der Waals surface area contributed by atoms with E-state index in [2.05, 4.69) is 13.5 Å². The second kappa shape index (κ2) is 14.0. The van der Waals surface area contributed by atoms with Crippen LogP contribution < -0.4 is 4.74 Å². The number of hydrogen-bond donors (Lipinski definition) is 0. The molecule has 4 aliphatic rings. The predicted molar refractivity (Wildman–Crippen MR) is 158 cm³/mol. The van der Waals surface area contributed by atoms with Crippen LogP contribution in [0.15, 0.2) is 24.8 Å². The van der Waals surface area contributed by atoms with Gasteiger partial charge in [0, 0.05) is 0 Å². The molecule has 0 aliphatic heterocycles. The predicted octanol–water partition coefficient (Wildman–Crippen LogP) is 10.7. The Labute approximate surface area is 237 Å². The summed E-state index contributed by atoms with van der Waals surface area (Å²) in [6, 6.07) is 3.26. The quantitative estimate of drug-likeness (QED) is 0.268. The van der Waals surface area contributed by atoms with Gasteiger partial charge in [-0.3, -0.25) is 0 Å². The SMILES string of the molecule is C=CCCc1ccc(OCC2CCC(C3CCC(C4CCC5CC(CCC)CCC5C4)CC3)CC2)c(F)c1F. The van der Waals surface area contributed by atoms with Crippen LogP contribution in [0.3, 0.4) is 0 Å². The maximum absolute atomic E-state index is 14.5. The maximum Gasteiger partial charge on any atom is 0.200 e. The van der Waals surface area contributed by atoms with E-state index in [4.69, 9.17) is 4.74 Å². The number of hydrogen-bond acceptors (Lipinski definition) is 1. The molecule has 0 N–H and O–H groups in total. The van der Waals surface area contributed by atoms with Crippen molar-refractivity contribution in [1.29, 1.82) is 0 Å². The lowest BCUT2D eigenvalue weighted by molar-refractivity contribution is 0.0489. The van der Waals surface area contributed by atoms with E-state index in [-0.39, 0.29) is 5.75 Å². The third kappa shape index (κ3) is 7.28. The minimum atomic E-state index is -0.834. The van der Waals surface area contributed by atoms with E-state index in [1.54, 1.807) is 31.1 Å². The Balaban J connectivity index is 1.01. The molecule has 4 atom stereocenters. The molecule has 1 aromatic carbocycles. The number of rotatable bonds is 10. The van der Waals surface area contributed by atoms with Crippen molar-refractivity contribution >= 4 is 0 Å². The molecule has 1 nitrogen and oxygen atoms in total. The van der Waals surface area contributed by atoms with Gasteiger partial charge in [-0.2, -0.15) is 4.39 Å². The second-order valence-electron chi connectivity index (χ2n) is 14.0. The lowest BCUT2D eigenvalue weighted by Crippen LogP contribution is -2.35. The van der Waals surface area contributed by atoms with Crippen LogP contribution >= 0.6 is 0 Å². The van der Waals surface area contributed by atoms with E-state index in [0.29, 0.717) is 30.9 Å². The summed E-state index contributed by atoms with van der Waals surface area (Å²) >= 11 is 0. The fourth-order valence-electron chi connectivity index (χ4n) is 9.38. The Morgan fingerprint density at radius 3 is 1.92 bits per heavy atom. The smallest absolute Gasteiger partial charge is 0.200 e. The molecule has 218 valence electrons.